The largest absolute Gasteiger partial charge is 0.341 e. The number of imidazole rings is 1. The summed E-state index contributed by atoms with van der Waals surface area (Å²) < 4.78 is 2.12. The van der Waals surface area contributed by atoms with Crippen LogP contribution in [0.25, 0.3) is 0 Å². The Labute approximate surface area is 123 Å². The van der Waals surface area contributed by atoms with Gasteiger partial charge in [-0.05, 0) is 30.7 Å². The maximum absolute atomic E-state index is 12.3. The summed E-state index contributed by atoms with van der Waals surface area (Å²) in [6, 6.07) is 4.53. The van der Waals surface area contributed by atoms with Crippen LogP contribution in [0.1, 0.15) is 30.2 Å². The molecule has 1 aliphatic heterocycles. The lowest BCUT2D eigenvalue weighted by Crippen LogP contribution is -2.40. The molecule has 1 amide bonds. The Hall–Kier alpha value is -1.62. The molecule has 3 rings (SSSR count). The number of rotatable bonds is 4. The number of thiophene rings is 1. The number of nitrogens with zero attached hydrogens (tertiary/aromatic N) is 3. The topological polar surface area (TPSA) is 38.1 Å². The Bertz CT molecular complexity index is 535. The third kappa shape index (κ3) is 3.10. The molecule has 2 aromatic heterocycles. The first kappa shape index (κ1) is 13.4. The summed E-state index contributed by atoms with van der Waals surface area (Å²) >= 11 is 1.73. The lowest BCUT2D eigenvalue weighted by atomic mass is 10.0. The first-order valence-corrected chi connectivity index (χ1v) is 7.98. The third-order valence-corrected chi connectivity index (χ3v) is 4.80. The molecule has 1 fully saturated rings. The molecule has 5 heteroatoms. The van der Waals surface area contributed by atoms with E-state index in [4.69, 9.17) is 0 Å². The lowest BCUT2D eigenvalue weighted by molar-refractivity contribution is -0.132. The van der Waals surface area contributed by atoms with Crippen molar-refractivity contribution in [1.82, 2.24) is 14.5 Å². The van der Waals surface area contributed by atoms with Crippen molar-refractivity contribution < 1.29 is 4.79 Å². The Morgan fingerprint density at radius 2 is 2.45 bits per heavy atom. The van der Waals surface area contributed by atoms with Crippen LogP contribution < -0.4 is 0 Å². The minimum Gasteiger partial charge on any atom is -0.341 e. The Kier molecular flexibility index (Phi) is 4.16. The van der Waals surface area contributed by atoms with Gasteiger partial charge in [0.25, 0.3) is 0 Å². The molecule has 0 spiro atoms. The van der Waals surface area contributed by atoms with E-state index >= 15 is 0 Å². The quantitative estimate of drug-likeness (QED) is 0.868. The highest BCUT2D eigenvalue weighted by Gasteiger charge is 2.24. The van der Waals surface area contributed by atoms with E-state index in [0.29, 0.717) is 12.5 Å². The number of aryl methyl sites for hydroxylation is 1. The Balaban J connectivity index is 1.55. The highest BCUT2D eigenvalue weighted by molar-refractivity contribution is 7.09. The molecule has 4 nitrogen and oxygen atoms in total. The summed E-state index contributed by atoms with van der Waals surface area (Å²) in [5, 5.41) is 2.07. The minimum absolute atomic E-state index is 0.281. The maximum atomic E-state index is 12.3. The van der Waals surface area contributed by atoms with Crippen molar-refractivity contribution in [3.63, 3.8) is 0 Å². The molecule has 0 saturated carbocycles. The zero-order valence-corrected chi connectivity index (χ0v) is 12.3. The van der Waals surface area contributed by atoms with Gasteiger partial charge in [-0.3, -0.25) is 4.79 Å². The van der Waals surface area contributed by atoms with Gasteiger partial charge in [0.15, 0.2) is 0 Å². The van der Waals surface area contributed by atoms with Crippen molar-refractivity contribution >= 4 is 17.2 Å². The molecule has 0 aromatic carbocycles. The Morgan fingerprint density at radius 1 is 1.50 bits per heavy atom. The van der Waals surface area contributed by atoms with Crippen LogP contribution in [0, 0.1) is 0 Å². The summed E-state index contributed by atoms with van der Waals surface area (Å²) in [6.45, 7) is 1.72. The molecule has 2 aromatic rings. The minimum atomic E-state index is 0.281. The van der Waals surface area contributed by atoms with E-state index in [2.05, 4.69) is 21.0 Å². The smallest absolute Gasteiger partial charge is 0.223 e. The van der Waals surface area contributed by atoms with E-state index in [0.717, 1.165) is 32.4 Å². The van der Waals surface area contributed by atoms with Crippen molar-refractivity contribution in [2.75, 3.05) is 13.1 Å². The number of hydrogen-bond acceptors (Lipinski definition) is 3. The number of piperidine rings is 1. The van der Waals surface area contributed by atoms with E-state index in [9.17, 15) is 4.79 Å². The summed E-state index contributed by atoms with van der Waals surface area (Å²) in [5.74, 6) is 0.281. The first-order chi connectivity index (χ1) is 9.83. The van der Waals surface area contributed by atoms with Crippen LogP contribution >= 0.6 is 11.3 Å². The Morgan fingerprint density at radius 3 is 3.20 bits per heavy atom. The number of likely N-dealkylation sites (tertiary alicyclic amines) is 1. The number of carbonyl (C=O) groups excluding carboxylic acids is 1. The molecule has 1 aliphatic rings. The highest BCUT2D eigenvalue weighted by atomic mass is 32.1. The van der Waals surface area contributed by atoms with Gasteiger partial charge < -0.3 is 9.47 Å². The molecule has 20 heavy (non-hydrogen) atoms. The van der Waals surface area contributed by atoms with Crippen LogP contribution in [0.15, 0.2) is 36.2 Å². The molecule has 0 bridgehead atoms. The second-order valence-corrected chi connectivity index (χ2v) is 6.26. The van der Waals surface area contributed by atoms with Gasteiger partial charge in [0, 0.05) is 36.8 Å². The van der Waals surface area contributed by atoms with Gasteiger partial charge in [0.05, 0.1) is 12.4 Å². The van der Waals surface area contributed by atoms with Gasteiger partial charge in [0.1, 0.15) is 0 Å². The monoisotopic (exact) mass is 289 g/mol. The molecule has 0 N–H and O–H groups in total. The highest BCUT2D eigenvalue weighted by Crippen LogP contribution is 2.22. The van der Waals surface area contributed by atoms with Crippen LogP contribution in [0.2, 0.25) is 0 Å². The normalized spacial score (nSPS) is 19.2. The predicted octanol–water partition coefficient (Wildman–Crippen LogP) is 2.74. The summed E-state index contributed by atoms with van der Waals surface area (Å²) in [4.78, 5) is 19.7. The molecule has 0 unspecified atom stereocenters. The zero-order chi connectivity index (χ0) is 13.8. The summed E-state index contributed by atoms with van der Waals surface area (Å²) in [6.07, 6.45) is 9.34. The SMILES string of the molecule is O=C(CCc1cccs1)N1CCC[C@H](n2ccnc2)C1. The van der Waals surface area contributed by atoms with Gasteiger partial charge in [-0.1, -0.05) is 6.07 Å². The van der Waals surface area contributed by atoms with Gasteiger partial charge in [-0.15, -0.1) is 11.3 Å². The van der Waals surface area contributed by atoms with Crippen LogP contribution in [0.5, 0.6) is 0 Å². The molecule has 0 aliphatic carbocycles. The molecule has 1 atom stereocenters. The van der Waals surface area contributed by atoms with Crippen LogP contribution in [-0.2, 0) is 11.2 Å². The van der Waals surface area contributed by atoms with Gasteiger partial charge >= 0.3 is 0 Å². The van der Waals surface area contributed by atoms with E-state index in [1.807, 2.05) is 23.5 Å². The van der Waals surface area contributed by atoms with Gasteiger partial charge in [0.2, 0.25) is 5.91 Å². The van der Waals surface area contributed by atoms with Crippen LogP contribution in [0.4, 0.5) is 0 Å². The fourth-order valence-corrected chi connectivity index (χ4v) is 3.46. The number of aromatic nitrogens is 2. The average Bonchev–Trinajstić information content (AvgIpc) is 3.18. The second-order valence-electron chi connectivity index (χ2n) is 5.23. The number of carbonyl (C=O) groups is 1. The molecule has 1 saturated heterocycles. The predicted molar refractivity (Wildman–Crippen MR) is 79.7 cm³/mol. The molecular weight excluding hydrogens is 270 g/mol. The first-order valence-electron chi connectivity index (χ1n) is 7.10. The average molecular weight is 289 g/mol. The van der Waals surface area contributed by atoms with Crippen molar-refractivity contribution in [2.24, 2.45) is 0 Å². The molecule has 0 radical (unpaired) electrons. The number of hydrogen-bond donors (Lipinski definition) is 0. The van der Waals surface area contributed by atoms with Crippen molar-refractivity contribution in [1.29, 1.82) is 0 Å². The molecule has 3 heterocycles. The summed E-state index contributed by atoms with van der Waals surface area (Å²) in [5.41, 5.74) is 0. The van der Waals surface area contributed by atoms with Crippen molar-refractivity contribution in [3.8, 4) is 0 Å². The molecular formula is C15H19N3OS. The van der Waals surface area contributed by atoms with Crippen LogP contribution in [-0.4, -0.2) is 33.4 Å². The fourth-order valence-electron chi connectivity index (χ4n) is 2.75. The fraction of sp³-hybridized carbons (Fsp3) is 0.467. The zero-order valence-electron chi connectivity index (χ0n) is 11.4. The maximum Gasteiger partial charge on any atom is 0.223 e. The number of amides is 1. The van der Waals surface area contributed by atoms with E-state index in [1.54, 1.807) is 17.5 Å². The van der Waals surface area contributed by atoms with Gasteiger partial charge in [-0.2, -0.15) is 0 Å². The van der Waals surface area contributed by atoms with Crippen LogP contribution in [0.3, 0.4) is 0 Å². The third-order valence-electron chi connectivity index (χ3n) is 3.86. The van der Waals surface area contributed by atoms with Crippen molar-refractivity contribution in [2.45, 2.75) is 31.7 Å². The van der Waals surface area contributed by atoms with E-state index in [1.165, 1.54) is 4.88 Å². The lowest BCUT2D eigenvalue weighted by Gasteiger charge is -2.33. The van der Waals surface area contributed by atoms with E-state index in [-0.39, 0.29) is 5.91 Å². The summed E-state index contributed by atoms with van der Waals surface area (Å²) in [7, 11) is 0. The van der Waals surface area contributed by atoms with Crippen molar-refractivity contribution in [3.05, 3.63) is 41.1 Å². The van der Waals surface area contributed by atoms with Gasteiger partial charge in [-0.25, -0.2) is 4.98 Å². The standard InChI is InChI=1S/C15H19N3OS/c19-15(6-5-14-4-2-10-20-14)17-8-1-3-13(11-17)18-9-7-16-12-18/h2,4,7,9-10,12-13H,1,3,5-6,8,11H2/t13-/m0/s1. The second kappa shape index (κ2) is 6.22. The molecule has 106 valence electrons. The van der Waals surface area contributed by atoms with E-state index < -0.39 is 0 Å².